The van der Waals surface area contributed by atoms with Crippen molar-refractivity contribution in [3.05, 3.63) is 64.8 Å². The second-order valence-corrected chi connectivity index (χ2v) is 5.23. The molecule has 0 saturated carbocycles. The number of hydrogen-bond donors (Lipinski definition) is 1. The van der Waals surface area contributed by atoms with Crippen LogP contribution in [0.4, 0.5) is 0 Å². The first-order chi connectivity index (χ1) is 9.76. The number of pyridine rings is 1. The van der Waals surface area contributed by atoms with Gasteiger partial charge < -0.3 is 9.84 Å². The van der Waals surface area contributed by atoms with Crippen molar-refractivity contribution in [1.29, 1.82) is 0 Å². The fourth-order valence-electron chi connectivity index (χ4n) is 1.96. The number of para-hydroxylation sites is 1. The molecule has 1 N–H and O–H groups in total. The Morgan fingerprint density at radius 1 is 1.05 bits per heavy atom. The van der Waals surface area contributed by atoms with E-state index < -0.39 is 0 Å². The third-order valence-corrected chi connectivity index (χ3v) is 3.73. The van der Waals surface area contributed by atoms with Crippen LogP contribution in [0.2, 0.25) is 0 Å². The second kappa shape index (κ2) is 5.61. The van der Waals surface area contributed by atoms with E-state index in [0.29, 0.717) is 11.5 Å². The van der Waals surface area contributed by atoms with Crippen molar-refractivity contribution in [1.82, 2.24) is 4.98 Å². The topological polar surface area (TPSA) is 42.4 Å². The summed E-state index contributed by atoms with van der Waals surface area (Å²) in [4.78, 5) is 4.36. The van der Waals surface area contributed by atoms with Crippen LogP contribution >= 0.6 is 15.9 Å². The van der Waals surface area contributed by atoms with Gasteiger partial charge >= 0.3 is 0 Å². The molecule has 0 aliphatic rings. The SMILES string of the molecule is OCc1ccc(Oc2cnc3ccccc3c2)cc1Br. The zero-order valence-electron chi connectivity index (χ0n) is 10.6. The number of fused-ring (bicyclic) bond motifs is 1. The average Bonchev–Trinajstić information content (AvgIpc) is 2.47. The molecule has 3 aromatic rings. The molecule has 0 amide bonds. The Kier molecular flexibility index (Phi) is 3.67. The molecule has 3 nitrogen and oxygen atoms in total. The molecule has 100 valence electrons. The van der Waals surface area contributed by atoms with Gasteiger partial charge in [-0.25, -0.2) is 0 Å². The van der Waals surface area contributed by atoms with Crippen LogP contribution in [0, 0.1) is 0 Å². The average molecular weight is 330 g/mol. The first kappa shape index (κ1) is 13.1. The molecule has 0 radical (unpaired) electrons. The lowest BCUT2D eigenvalue weighted by Crippen LogP contribution is -1.89. The van der Waals surface area contributed by atoms with E-state index in [1.165, 1.54) is 0 Å². The molecule has 0 spiro atoms. The number of aromatic nitrogens is 1. The fourth-order valence-corrected chi connectivity index (χ4v) is 2.45. The van der Waals surface area contributed by atoms with Gasteiger partial charge in [-0.3, -0.25) is 4.98 Å². The van der Waals surface area contributed by atoms with Gasteiger partial charge in [0.25, 0.3) is 0 Å². The van der Waals surface area contributed by atoms with Crippen molar-refractivity contribution < 1.29 is 9.84 Å². The van der Waals surface area contributed by atoms with Crippen LogP contribution < -0.4 is 4.74 Å². The maximum Gasteiger partial charge on any atom is 0.146 e. The molecule has 1 heterocycles. The zero-order chi connectivity index (χ0) is 13.9. The molecule has 20 heavy (non-hydrogen) atoms. The third kappa shape index (κ3) is 2.66. The molecule has 0 atom stereocenters. The number of hydrogen-bond acceptors (Lipinski definition) is 3. The van der Waals surface area contributed by atoms with E-state index in [0.717, 1.165) is 20.9 Å². The summed E-state index contributed by atoms with van der Waals surface area (Å²) >= 11 is 3.40. The standard InChI is InChI=1S/C16H12BrNO2/c17-15-8-13(6-5-12(15)10-19)20-14-7-11-3-1-2-4-16(11)18-9-14/h1-9,19H,10H2. The molecule has 1 aromatic heterocycles. The predicted molar refractivity (Wildman–Crippen MR) is 81.9 cm³/mol. The van der Waals surface area contributed by atoms with Gasteiger partial charge in [0.2, 0.25) is 0 Å². The number of benzene rings is 2. The van der Waals surface area contributed by atoms with Crippen molar-refractivity contribution in [2.75, 3.05) is 0 Å². The normalized spacial score (nSPS) is 10.7. The summed E-state index contributed by atoms with van der Waals surface area (Å²) in [7, 11) is 0. The summed E-state index contributed by atoms with van der Waals surface area (Å²) in [6.07, 6.45) is 1.70. The van der Waals surface area contributed by atoms with Crippen molar-refractivity contribution in [3.8, 4) is 11.5 Å². The summed E-state index contributed by atoms with van der Waals surface area (Å²) in [6.45, 7) is -0.00159. The number of aliphatic hydroxyl groups is 1. The summed E-state index contributed by atoms with van der Waals surface area (Å²) in [5.41, 5.74) is 1.77. The Labute approximate surface area is 125 Å². The maximum absolute atomic E-state index is 9.14. The quantitative estimate of drug-likeness (QED) is 0.779. The van der Waals surface area contributed by atoms with Crippen LogP contribution in [-0.2, 0) is 6.61 Å². The summed E-state index contributed by atoms with van der Waals surface area (Å²) in [5.74, 6) is 1.39. The summed E-state index contributed by atoms with van der Waals surface area (Å²) in [6, 6.07) is 15.3. The largest absolute Gasteiger partial charge is 0.456 e. The Morgan fingerprint density at radius 2 is 1.90 bits per heavy atom. The number of rotatable bonds is 3. The van der Waals surface area contributed by atoms with Gasteiger partial charge in [0.05, 0.1) is 18.3 Å². The minimum Gasteiger partial charge on any atom is -0.456 e. The molecule has 0 saturated heterocycles. The van der Waals surface area contributed by atoms with Gasteiger partial charge in [-0.05, 0) is 29.8 Å². The van der Waals surface area contributed by atoms with Crippen molar-refractivity contribution in [2.24, 2.45) is 0 Å². The maximum atomic E-state index is 9.14. The zero-order valence-corrected chi connectivity index (χ0v) is 12.2. The van der Waals surface area contributed by atoms with E-state index in [9.17, 15) is 0 Å². The van der Waals surface area contributed by atoms with Crippen LogP contribution in [0.3, 0.4) is 0 Å². The highest BCUT2D eigenvalue weighted by atomic mass is 79.9. The van der Waals surface area contributed by atoms with E-state index in [1.54, 1.807) is 6.20 Å². The van der Waals surface area contributed by atoms with E-state index in [2.05, 4.69) is 20.9 Å². The second-order valence-electron chi connectivity index (χ2n) is 4.38. The molecule has 3 rings (SSSR count). The number of halogens is 1. The Balaban J connectivity index is 1.90. The minimum absolute atomic E-state index is 0.00159. The molecule has 2 aromatic carbocycles. The molecule has 0 unspecified atom stereocenters. The monoisotopic (exact) mass is 329 g/mol. The molecule has 0 bridgehead atoms. The van der Waals surface area contributed by atoms with Crippen LogP contribution in [0.1, 0.15) is 5.56 Å². The van der Waals surface area contributed by atoms with Gasteiger partial charge in [0, 0.05) is 9.86 Å². The minimum atomic E-state index is -0.00159. The van der Waals surface area contributed by atoms with E-state index in [1.807, 2.05) is 48.5 Å². The molecule has 0 fully saturated rings. The highest BCUT2D eigenvalue weighted by Crippen LogP contribution is 2.28. The fraction of sp³-hybridized carbons (Fsp3) is 0.0625. The highest BCUT2D eigenvalue weighted by Gasteiger charge is 2.04. The van der Waals surface area contributed by atoms with Gasteiger partial charge in [0.1, 0.15) is 11.5 Å². The van der Waals surface area contributed by atoms with E-state index in [-0.39, 0.29) is 6.61 Å². The Hall–Kier alpha value is -1.91. The smallest absolute Gasteiger partial charge is 0.146 e. The lowest BCUT2D eigenvalue weighted by atomic mass is 10.2. The van der Waals surface area contributed by atoms with Crippen LogP contribution in [0.25, 0.3) is 10.9 Å². The lowest BCUT2D eigenvalue weighted by Gasteiger charge is -2.08. The number of aliphatic hydroxyl groups excluding tert-OH is 1. The lowest BCUT2D eigenvalue weighted by molar-refractivity contribution is 0.281. The Morgan fingerprint density at radius 3 is 2.70 bits per heavy atom. The first-order valence-electron chi connectivity index (χ1n) is 6.18. The Bertz CT molecular complexity index is 758. The third-order valence-electron chi connectivity index (χ3n) is 3.00. The molecule has 0 aliphatic carbocycles. The highest BCUT2D eigenvalue weighted by molar-refractivity contribution is 9.10. The van der Waals surface area contributed by atoms with Gasteiger partial charge in [-0.2, -0.15) is 0 Å². The molecular formula is C16H12BrNO2. The van der Waals surface area contributed by atoms with Crippen LogP contribution in [0.15, 0.2) is 59.2 Å². The van der Waals surface area contributed by atoms with E-state index >= 15 is 0 Å². The molecule has 0 aliphatic heterocycles. The molecule has 4 heteroatoms. The van der Waals surface area contributed by atoms with Crippen molar-refractivity contribution in [3.63, 3.8) is 0 Å². The van der Waals surface area contributed by atoms with E-state index in [4.69, 9.17) is 9.84 Å². The van der Waals surface area contributed by atoms with Crippen LogP contribution in [-0.4, -0.2) is 10.1 Å². The number of nitrogens with zero attached hydrogens (tertiary/aromatic N) is 1. The van der Waals surface area contributed by atoms with Gasteiger partial charge in [-0.1, -0.05) is 40.2 Å². The first-order valence-corrected chi connectivity index (χ1v) is 6.97. The predicted octanol–water partition coefficient (Wildman–Crippen LogP) is 4.28. The van der Waals surface area contributed by atoms with Crippen molar-refractivity contribution in [2.45, 2.75) is 6.61 Å². The molecular weight excluding hydrogens is 318 g/mol. The van der Waals surface area contributed by atoms with Crippen LogP contribution in [0.5, 0.6) is 11.5 Å². The van der Waals surface area contributed by atoms with Gasteiger partial charge in [-0.15, -0.1) is 0 Å². The summed E-state index contributed by atoms with van der Waals surface area (Å²) < 4.78 is 6.62. The van der Waals surface area contributed by atoms with Crippen molar-refractivity contribution >= 4 is 26.8 Å². The number of ether oxygens (including phenoxy) is 1. The summed E-state index contributed by atoms with van der Waals surface area (Å²) in [5, 5.41) is 10.2. The van der Waals surface area contributed by atoms with Gasteiger partial charge in [0.15, 0.2) is 0 Å².